The molecule has 2 fully saturated rings. The van der Waals surface area contributed by atoms with Gasteiger partial charge in [0.25, 0.3) is 0 Å². The molecule has 1 saturated carbocycles. The van der Waals surface area contributed by atoms with E-state index in [4.69, 9.17) is 9.47 Å². The maximum atomic E-state index is 13.4. The van der Waals surface area contributed by atoms with Crippen LogP contribution in [0.25, 0.3) is 0 Å². The Morgan fingerprint density at radius 2 is 1.69 bits per heavy atom. The lowest BCUT2D eigenvalue weighted by Gasteiger charge is -2.38. The third-order valence-electron chi connectivity index (χ3n) is 7.83. The zero-order valence-electron chi connectivity index (χ0n) is 21.9. The first-order valence-corrected chi connectivity index (χ1v) is 13.3. The largest absolute Gasteiger partial charge is 0.497 e. The van der Waals surface area contributed by atoms with Gasteiger partial charge in [0.05, 0.1) is 14.2 Å². The van der Waals surface area contributed by atoms with Gasteiger partial charge < -0.3 is 14.4 Å². The fourth-order valence-electron chi connectivity index (χ4n) is 5.91. The number of hydrogen-bond donors (Lipinski definition) is 0. The highest BCUT2D eigenvalue weighted by Gasteiger charge is 2.38. The van der Waals surface area contributed by atoms with Crippen LogP contribution < -0.4 is 9.47 Å². The van der Waals surface area contributed by atoms with Crippen LogP contribution in [0.5, 0.6) is 11.5 Å². The van der Waals surface area contributed by atoms with Crippen molar-refractivity contribution in [3.8, 4) is 11.5 Å². The van der Waals surface area contributed by atoms with Gasteiger partial charge in [-0.2, -0.15) is 0 Å². The molecule has 1 aliphatic heterocycles. The van der Waals surface area contributed by atoms with Gasteiger partial charge in [0.1, 0.15) is 11.5 Å². The highest BCUT2D eigenvalue weighted by Crippen LogP contribution is 2.37. The molecule has 0 aromatic heterocycles. The second kappa shape index (κ2) is 11.9. The number of carbonyl (C=O) groups excluding carboxylic acids is 1. The molecule has 5 nitrogen and oxygen atoms in total. The van der Waals surface area contributed by atoms with Crippen molar-refractivity contribution >= 4 is 5.91 Å². The summed E-state index contributed by atoms with van der Waals surface area (Å²) in [7, 11) is 3.43. The van der Waals surface area contributed by atoms with E-state index in [1.54, 1.807) is 14.2 Å². The van der Waals surface area contributed by atoms with Gasteiger partial charge in [-0.1, -0.05) is 57.4 Å². The summed E-state index contributed by atoms with van der Waals surface area (Å²) in [6.07, 6.45) is 6.06. The molecule has 5 heteroatoms. The summed E-state index contributed by atoms with van der Waals surface area (Å²) in [5.74, 6) is 2.90. The van der Waals surface area contributed by atoms with Crippen molar-refractivity contribution in [2.24, 2.45) is 11.8 Å². The van der Waals surface area contributed by atoms with E-state index < -0.39 is 0 Å². The van der Waals surface area contributed by atoms with E-state index in [9.17, 15) is 4.79 Å². The Labute approximate surface area is 211 Å². The van der Waals surface area contributed by atoms with Crippen molar-refractivity contribution in [2.75, 3.05) is 33.9 Å². The lowest BCUT2D eigenvalue weighted by Crippen LogP contribution is -2.47. The third-order valence-corrected chi connectivity index (χ3v) is 7.83. The van der Waals surface area contributed by atoms with Crippen LogP contribution >= 0.6 is 0 Å². The quantitative estimate of drug-likeness (QED) is 0.461. The molecule has 1 aliphatic carbocycles. The molecule has 0 bridgehead atoms. The van der Waals surface area contributed by atoms with E-state index in [-0.39, 0.29) is 5.92 Å². The summed E-state index contributed by atoms with van der Waals surface area (Å²) in [5.41, 5.74) is 2.60. The number of methoxy groups -OCH3 is 2. The minimum Gasteiger partial charge on any atom is -0.497 e. The summed E-state index contributed by atoms with van der Waals surface area (Å²) < 4.78 is 10.9. The molecule has 0 spiro atoms. The first-order chi connectivity index (χ1) is 17.0. The van der Waals surface area contributed by atoms with E-state index in [1.807, 2.05) is 32.0 Å². The molecule has 35 heavy (non-hydrogen) atoms. The smallest absolute Gasteiger partial charge is 0.225 e. The van der Waals surface area contributed by atoms with Crippen LogP contribution in [0.3, 0.4) is 0 Å². The Morgan fingerprint density at radius 1 is 0.971 bits per heavy atom. The van der Waals surface area contributed by atoms with Gasteiger partial charge in [-0.15, -0.1) is 0 Å². The number of hydrogen-bond acceptors (Lipinski definition) is 4. The minimum atomic E-state index is 0.0315. The van der Waals surface area contributed by atoms with Crippen LogP contribution in [-0.2, 0) is 11.3 Å². The molecule has 2 aromatic rings. The average molecular weight is 479 g/mol. The SMILES string of the molecule is COc1ccc(CN2CC(CN(C(=O)C(C)C)C3CCCCC3)C(c3cccc(OC)c3)C2)cc1. The molecule has 190 valence electrons. The Kier molecular flexibility index (Phi) is 8.72. The molecule has 2 atom stereocenters. The molecule has 0 N–H and O–H groups in total. The first kappa shape index (κ1) is 25.6. The van der Waals surface area contributed by atoms with Crippen molar-refractivity contribution in [1.82, 2.24) is 9.80 Å². The van der Waals surface area contributed by atoms with Crippen molar-refractivity contribution in [1.29, 1.82) is 0 Å². The topological polar surface area (TPSA) is 42.0 Å². The monoisotopic (exact) mass is 478 g/mol. The predicted molar refractivity (Wildman–Crippen MR) is 141 cm³/mol. The molecule has 2 unspecified atom stereocenters. The standard InChI is InChI=1S/C30H42N2O3/c1-22(2)30(33)32(26-10-6-5-7-11-26)20-25-19-31(18-23-13-15-27(34-3)16-14-23)21-29(25)24-9-8-12-28(17-24)35-4/h8-9,12-17,22,25-26,29H,5-7,10-11,18-21H2,1-4H3. The number of nitrogens with zero attached hydrogens (tertiary/aromatic N) is 2. The second-order valence-electron chi connectivity index (χ2n) is 10.6. The Balaban J connectivity index is 1.57. The predicted octanol–water partition coefficient (Wildman–Crippen LogP) is 5.74. The van der Waals surface area contributed by atoms with Crippen molar-refractivity contribution in [3.05, 3.63) is 59.7 Å². The molecule has 2 aliphatic rings. The number of ether oxygens (including phenoxy) is 2. The van der Waals surface area contributed by atoms with Crippen molar-refractivity contribution < 1.29 is 14.3 Å². The van der Waals surface area contributed by atoms with Gasteiger partial charge in [-0.25, -0.2) is 0 Å². The summed E-state index contributed by atoms with van der Waals surface area (Å²) >= 11 is 0. The number of amides is 1. The summed E-state index contributed by atoms with van der Waals surface area (Å²) in [5, 5.41) is 0. The van der Waals surface area contributed by atoms with Crippen LogP contribution in [0, 0.1) is 11.8 Å². The van der Waals surface area contributed by atoms with Crippen LogP contribution in [0.15, 0.2) is 48.5 Å². The summed E-state index contributed by atoms with van der Waals surface area (Å²) in [4.78, 5) is 18.2. The summed E-state index contributed by atoms with van der Waals surface area (Å²) in [6, 6.07) is 17.3. The van der Waals surface area contributed by atoms with E-state index >= 15 is 0 Å². The van der Waals surface area contributed by atoms with Gasteiger partial charge in [0.2, 0.25) is 5.91 Å². The Morgan fingerprint density at radius 3 is 2.34 bits per heavy atom. The van der Waals surface area contributed by atoms with Gasteiger partial charge in [0, 0.05) is 44.1 Å². The molecule has 0 radical (unpaired) electrons. The number of carbonyl (C=O) groups is 1. The van der Waals surface area contributed by atoms with Crippen molar-refractivity contribution in [2.45, 2.75) is 64.5 Å². The van der Waals surface area contributed by atoms with E-state index in [0.29, 0.717) is 23.8 Å². The third kappa shape index (κ3) is 6.38. The van der Waals surface area contributed by atoms with Gasteiger partial charge >= 0.3 is 0 Å². The molecule has 1 heterocycles. The Bertz CT molecular complexity index is 952. The number of rotatable bonds is 9. The van der Waals surface area contributed by atoms with E-state index in [2.05, 4.69) is 40.1 Å². The van der Waals surface area contributed by atoms with Gasteiger partial charge in [0.15, 0.2) is 0 Å². The Hall–Kier alpha value is -2.53. The molecule has 1 saturated heterocycles. The maximum absolute atomic E-state index is 13.4. The number of likely N-dealkylation sites (tertiary alicyclic amines) is 1. The van der Waals surface area contributed by atoms with Crippen LogP contribution in [-0.4, -0.2) is 55.6 Å². The molecular formula is C30H42N2O3. The fourth-order valence-corrected chi connectivity index (χ4v) is 5.91. The number of benzene rings is 2. The second-order valence-corrected chi connectivity index (χ2v) is 10.6. The first-order valence-electron chi connectivity index (χ1n) is 13.3. The van der Waals surface area contributed by atoms with Crippen LogP contribution in [0.1, 0.15) is 63.0 Å². The maximum Gasteiger partial charge on any atom is 0.225 e. The molecule has 2 aromatic carbocycles. The minimum absolute atomic E-state index is 0.0315. The molecule has 4 rings (SSSR count). The lowest BCUT2D eigenvalue weighted by molar-refractivity contribution is -0.138. The molecular weight excluding hydrogens is 436 g/mol. The highest BCUT2D eigenvalue weighted by atomic mass is 16.5. The van der Waals surface area contributed by atoms with Crippen LogP contribution in [0.2, 0.25) is 0 Å². The lowest BCUT2D eigenvalue weighted by atomic mass is 9.86. The van der Waals surface area contributed by atoms with Gasteiger partial charge in [-0.05, 0) is 54.2 Å². The average Bonchev–Trinajstić information content (AvgIpc) is 3.30. The van der Waals surface area contributed by atoms with Crippen molar-refractivity contribution in [3.63, 3.8) is 0 Å². The zero-order valence-corrected chi connectivity index (χ0v) is 21.9. The normalized spacial score (nSPS) is 21.3. The fraction of sp³-hybridized carbons (Fsp3) is 0.567. The summed E-state index contributed by atoms with van der Waals surface area (Å²) in [6.45, 7) is 7.80. The van der Waals surface area contributed by atoms with Gasteiger partial charge in [-0.3, -0.25) is 9.69 Å². The molecule has 1 amide bonds. The van der Waals surface area contributed by atoms with Crippen LogP contribution in [0.4, 0.5) is 0 Å². The van der Waals surface area contributed by atoms with E-state index in [0.717, 1.165) is 50.5 Å². The van der Waals surface area contributed by atoms with E-state index in [1.165, 1.54) is 30.4 Å². The zero-order chi connectivity index (χ0) is 24.8. The highest BCUT2D eigenvalue weighted by molar-refractivity contribution is 5.78.